The predicted octanol–water partition coefficient (Wildman–Crippen LogP) is 1.69. The smallest absolute Gasteiger partial charge is 0.303 e. The average molecular weight is 261 g/mol. The van der Waals surface area contributed by atoms with Crippen LogP contribution in [-0.4, -0.2) is 22.8 Å². The molecule has 1 aliphatic rings. The standard InChI is InChI=1S/C14H15NO4/c1-8(16)18-12-10-6-9(7-15)4-5-11(10)19-14(2,3)13(12)17/h4-6,12-13,17H,1-3H3/t12-,13+/m0/s1. The van der Waals surface area contributed by atoms with Crippen LogP contribution in [-0.2, 0) is 9.53 Å². The highest BCUT2D eigenvalue weighted by Crippen LogP contribution is 2.42. The normalized spacial score (nSPS) is 23.7. The molecule has 1 heterocycles. The molecule has 0 bridgehead atoms. The van der Waals surface area contributed by atoms with Crippen LogP contribution in [0.3, 0.4) is 0 Å². The van der Waals surface area contributed by atoms with E-state index in [0.29, 0.717) is 16.9 Å². The van der Waals surface area contributed by atoms with Crippen molar-refractivity contribution in [1.82, 2.24) is 0 Å². The van der Waals surface area contributed by atoms with Crippen LogP contribution in [0, 0.1) is 11.3 Å². The van der Waals surface area contributed by atoms with Crippen LogP contribution in [0.25, 0.3) is 0 Å². The zero-order chi connectivity index (χ0) is 14.2. The second kappa shape index (κ2) is 4.56. The molecule has 2 atom stereocenters. The minimum Gasteiger partial charge on any atom is -0.485 e. The minimum atomic E-state index is -1.00. The number of aliphatic hydroxyl groups excluding tert-OH is 1. The molecule has 0 radical (unpaired) electrons. The molecule has 5 nitrogen and oxygen atoms in total. The maximum absolute atomic E-state index is 11.2. The van der Waals surface area contributed by atoms with Crippen LogP contribution < -0.4 is 4.74 Å². The first-order valence-electron chi connectivity index (χ1n) is 5.93. The summed E-state index contributed by atoms with van der Waals surface area (Å²) in [5.74, 6) is 0.0237. The molecule has 100 valence electrons. The van der Waals surface area contributed by atoms with E-state index in [1.807, 2.05) is 6.07 Å². The van der Waals surface area contributed by atoms with Gasteiger partial charge in [-0.2, -0.15) is 5.26 Å². The van der Waals surface area contributed by atoms with Crippen LogP contribution in [0.5, 0.6) is 5.75 Å². The Labute approximate surface area is 111 Å². The number of hydrogen-bond acceptors (Lipinski definition) is 5. The van der Waals surface area contributed by atoms with Gasteiger partial charge in [0, 0.05) is 12.5 Å². The molecule has 19 heavy (non-hydrogen) atoms. The van der Waals surface area contributed by atoms with Gasteiger partial charge in [0.15, 0.2) is 6.10 Å². The molecule has 2 rings (SSSR count). The topological polar surface area (TPSA) is 79.6 Å². The summed E-state index contributed by atoms with van der Waals surface area (Å²) in [5.41, 5.74) is 0.0638. The van der Waals surface area contributed by atoms with Gasteiger partial charge in [0.05, 0.1) is 11.6 Å². The van der Waals surface area contributed by atoms with Crippen LogP contribution in [0.4, 0.5) is 0 Å². The first-order valence-corrected chi connectivity index (χ1v) is 5.93. The first kappa shape index (κ1) is 13.4. The summed E-state index contributed by atoms with van der Waals surface area (Å²) in [6.07, 6.45) is -1.83. The van der Waals surface area contributed by atoms with E-state index in [4.69, 9.17) is 14.7 Å². The number of aliphatic hydroxyl groups is 1. The number of ether oxygens (including phenoxy) is 2. The van der Waals surface area contributed by atoms with Crippen molar-refractivity contribution in [2.45, 2.75) is 38.6 Å². The van der Waals surface area contributed by atoms with Crippen molar-refractivity contribution < 1.29 is 19.4 Å². The maximum Gasteiger partial charge on any atom is 0.303 e. The van der Waals surface area contributed by atoms with Gasteiger partial charge in [0.1, 0.15) is 17.5 Å². The summed E-state index contributed by atoms with van der Waals surface area (Å²) in [6, 6.07) is 6.85. The highest BCUT2D eigenvalue weighted by atomic mass is 16.6. The number of carbonyl (C=O) groups is 1. The fourth-order valence-corrected chi connectivity index (χ4v) is 2.12. The second-order valence-electron chi connectivity index (χ2n) is 5.04. The SMILES string of the molecule is CC(=O)O[C@H]1c2cc(C#N)ccc2OC(C)(C)[C@@H]1O. The number of fused-ring (bicyclic) bond motifs is 1. The largest absolute Gasteiger partial charge is 0.485 e. The lowest BCUT2D eigenvalue weighted by molar-refractivity contribution is -0.167. The molecule has 0 amide bonds. The average Bonchev–Trinajstić information content (AvgIpc) is 2.34. The lowest BCUT2D eigenvalue weighted by Gasteiger charge is -2.41. The fraction of sp³-hybridized carbons (Fsp3) is 0.429. The van der Waals surface area contributed by atoms with E-state index in [2.05, 4.69) is 0 Å². The van der Waals surface area contributed by atoms with Crippen molar-refractivity contribution >= 4 is 5.97 Å². The lowest BCUT2D eigenvalue weighted by atomic mass is 9.88. The highest BCUT2D eigenvalue weighted by molar-refractivity contribution is 5.66. The van der Waals surface area contributed by atoms with E-state index >= 15 is 0 Å². The van der Waals surface area contributed by atoms with Gasteiger partial charge in [-0.15, -0.1) is 0 Å². The third-order valence-electron chi connectivity index (χ3n) is 3.11. The van der Waals surface area contributed by atoms with Crippen LogP contribution >= 0.6 is 0 Å². The second-order valence-corrected chi connectivity index (χ2v) is 5.04. The fourth-order valence-electron chi connectivity index (χ4n) is 2.12. The zero-order valence-corrected chi connectivity index (χ0v) is 11.0. The van der Waals surface area contributed by atoms with Gasteiger partial charge in [-0.3, -0.25) is 4.79 Å². The number of hydrogen-bond donors (Lipinski definition) is 1. The van der Waals surface area contributed by atoms with Gasteiger partial charge in [0.2, 0.25) is 0 Å². The van der Waals surface area contributed by atoms with Crippen molar-refractivity contribution in [2.75, 3.05) is 0 Å². The number of nitriles is 1. The van der Waals surface area contributed by atoms with Crippen molar-refractivity contribution in [3.8, 4) is 11.8 Å². The van der Waals surface area contributed by atoms with E-state index in [0.717, 1.165) is 0 Å². The van der Waals surface area contributed by atoms with Crippen molar-refractivity contribution in [3.63, 3.8) is 0 Å². The summed E-state index contributed by atoms with van der Waals surface area (Å²) in [6.45, 7) is 4.72. The summed E-state index contributed by atoms with van der Waals surface area (Å²) in [4.78, 5) is 11.2. The van der Waals surface area contributed by atoms with Gasteiger partial charge in [0.25, 0.3) is 0 Å². The Morgan fingerprint density at radius 3 is 2.79 bits per heavy atom. The molecular weight excluding hydrogens is 246 g/mol. The van der Waals surface area contributed by atoms with E-state index < -0.39 is 23.8 Å². The molecule has 1 aromatic rings. The quantitative estimate of drug-likeness (QED) is 0.778. The summed E-state index contributed by atoms with van der Waals surface area (Å²) < 4.78 is 10.9. The molecule has 0 spiro atoms. The van der Waals surface area contributed by atoms with Crippen LogP contribution in [0.15, 0.2) is 18.2 Å². The molecule has 0 fully saturated rings. The van der Waals surface area contributed by atoms with Crippen molar-refractivity contribution in [2.24, 2.45) is 0 Å². The van der Waals surface area contributed by atoms with E-state index in [-0.39, 0.29) is 0 Å². The first-order chi connectivity index (χ1) is 8.85. The lowest BCUT2D eigenvalue weighted by Crippen LogP contribution is -2.49. The summed E-state index contributed by atoms with van der Waals surface area (Å²) >= 11 is 0. The summed E-state index contributed by atoms with van der Waals surface area (Å²) in [7, 11) is 0. The third-order valence-corrected chi connectivity index (χ3v) is 3.11. The van der Waals surface area contributed by atoms with E-state index in [1.165, 1.54) is 6.92 Å². The van der Waals surface area contributed by atoms with Crippen LogP contribution in [0.1, 0.15) is 38.0 Å². The third kappa shape index (κ3) is 2.40. The zero-order valence-electron chi connectivity index (χ0n) is 11.0. The summed E-state index contributed by atoms with van der Waals surface area (Å²) in [5, 5.41) is 19.2. The minimum absolute atomic E-state index is 0.423. The van der Waals surface area contributed by atoms with Crippen LogP contribution in [0.2, 0.25) is 0 Å². The van der Waals surface area contributed by atoms with Gasteiger partial charge < -0.3 is 14.6 Å². The Hall–Kier alpha value is -2.06. The van der Waals surface area contributed by atoms with Gasteiger partial charge >= 0.3 is 5.97 Å². The molecule has 0 unspecified atom stereocenters. The Balaban J connectivity index is 2.52. The Morgan fingerprint density at radius 2 is 2.21 bits per heavy atom. The Kier molecular flexibility index (Phi) is 3.21. The number of nitrogens with zero attached hydrogens (tertiary/aromatic N) is 1. The molecule has 0 aliphatic carbocycles. The number of carbonyl (C=O) groups excluding carboxylic acids is 1. The van der Waals surface area contributed by atoms with Gasteiger partial charge in [-0.05, 0) is 32.0 Å². The van der Waals surface area contributed by atoms with Crippen molar-refractivity contribution in [1.29, 1.82) is 5.26 Å². The molecule has 1 aliphatic heterocycles. The maximum atomic E-state index is 11.2. The number of rotatable bonds is 1. The van der Waals surface area contributed by atoms with Gasteiger partial charge in [-0.1, -0.05) is 0 Å². The van der Waals surface area contributed by atoms with E-state index in [9.17, 15) is 9.90 Å². The highest BCUT2D eigenvalue weighted by Gasteiger charge is 2.44. The molecular formula is C14H15NO4. The number of esters is 1. The molecule has 5 heteroatoms. The van der Waals surface area contributed by atoms with Crippen molar-refractivity contribution in [3.05, 3.63) is 29.3 Å². The Bertz CT molecular complexity index is 559. The molecule has 0 saturated heterocycles. The monoisotopic (exact) mass is 261 g/mol. The molecule has 1 aromatic carbocycles. The van der Waals surface area contributed by atoms with E-state index in [1.54, 1.807) is 32.0 Å². The predicted molar refractivity (Wildman–Crippen MR) is 66.4 cm³/mol. The van der Waals surface area contributed by atoms with Gasteiger partial charge in [-0.25, -0.2) is 0 Å². The molecule has 0 aromatic heterocycles. The Morgan fingerprint density at radius 1 is 1.53 bits per heavy atom. The molecule has 0 saturated carbocycles. The molecule has 1 N–H and O–H groups in total. The number of benzene rings is 1.